The van der Waals surface area contributed by atoms with E-state index in [1.807, 2.05) is 24.3 Å². The van der Waals surface area contributed by atoms with Crippen LogP contribution in [0, 0.1) is 0 Å². The lowest BCUT2D eigenvalue weighted by Crippen LogP contribution is -2.17. The van der Waals surface area contributed by atoms with Crippen molar-refractivity contribution >= 4 is 23.4 Å². The second-order valence-electron chi connectivity index (χ2n) is 3.19. The average molecular weight is 224 g/mol. The van der Waals surface area contributed by atoms with E-state index < -0.39 is 0 Å². The van der Waals surface area contributed by atoms with Crippen LogP contribution in [-0.2, 0) is 4.79 Å². The van der Waals surface area contributed by atoms with Crippen molar-refractivity contribution in [2.45, 2.75) is 17.7 Å². The minimum Gasteiger partial charge on any atom is -0.399 e. The van der Waals surface area contributed by atoms with Gasteiger partial charge in [-0.15, -0.1) is 11.8 Å². The number of carbonyl (C=O) groups is 1. The zero-order valence-electron chi connectivity index (χ0n) is 8.82. The highest BCUT2D eigenvalue weighted by atomic mass is 32.2. The van der Waals surface area contributed by atoms with E-state index in [0.717, 1.165) is 17.9 Å². The molecule has 0 unspecified atom stereocenters. The summed E-state index contributed by atoms with van der Waals surface area (Å²) in [4.78, 5) is 12.1. The van der Waals surface area contributed by atoms with Crippen molar-refractivity contribution in [1.29, 1.82) is 0 Å². The van der Waals surface area contributed by atoms with Crippen LogP contribution in [-0.4, -0.2) is 18.7 Å². The van der Waals surface area contributed by atoms with Gasteiger partial charge in [0.2, 0.25) is 5.91 Å². The van der Waals surface area contributed by atoms with E-state index in [1.165, 1.54) is 4.90 Å². The summed E-state index contributed by atoms with van der Waals surface area (Å²) in [6.45, 7) is 0. The van der Waals surface area contributed by atoms with Crippen molar-refractivity contribution in [1.82, 2.24) is 5.32 Å². The first-order valence-corrected chi connectivity index (χ1v) is 5.90. The highest BCUT2D eigenvalue weighted by Gasteiger charge is 1.98. The molecule has 1 aromatic carbocycles. The van der Waals surface area contributed by atoms with Crippen molar-refractivity contribution in [3.05, 3.63) is 24.3 Å². The van der Waals surface area contributed by atoms with Crippen LogP contribution in [0.15, 0.2) is 29.2 Å². The number of nitrogens with one attached hydrogen (secondary N) is 1. The maximum atomic E-state index is 10.9. The molecule has 0 bridgehead atoms. The lowest BCUT2D eigenvalue weighted by molar-refractivity contribution is -0.120. The van der Waals surface area contributed by atoms with Crippen molar-refractivity contribution in [2.75, 3.05) is 18.5 Å². The Balaban J connectivity index is 2.20. The third-order valence-corrected chi connectivity index (χ3v) is 3.07. The molecule has 15 heavy (non-hydrogen) atoms. The van der Waals surface area contributed by atoms with Gasteiger partial charge in [-0.25, -0.2) is 0 Å². The number of nitrogens with two attached hydrogens (primary N) is 1. The molecule has 1 aromatic rings. The second-order valence-corrected chi connectivity index (χ2v) is 4.36. The molecule has 3 nitrogen and oxygen atoms in total. The van der Waals surface area contributed by atoms with Crippen LogP contribution in [0.2, 0.25) is 0 Å². The Labute approximate surface area is 94.4 Å². The molecule has 4 heteroatoms. The molecule has 1 amide bonds. The number of anilines is 1. The van der Waals surface area contributed by atoms with Gasteiger partial charge >= 0.3 is 0 Å². The molecular formula is C11H16N2OS. The molecular weight excluding hydrogens is 208 g/mol. The number of benzene rings is 1. The van der Waals surface area contributed by atoms with Crippen LogP contribution in [0.1, 0.15) is 12.8 Å². The van der Waals surface area contributed by atoms with Crippen molar-refractivity contribution in [2.24, 2.45) is 0 Å². The first kappa shape index (κ1) is 11.9. The topological polar surface area (TPSA) is 55.1 Å². The van der Waals surface area contributed by atoms with Gasteiger partial charge in [0.25, 0.3) is 0 Å². The maximum absolute atomic E-state index is 10.9. The van der Waals surface area contributed by atoms with E-state index in [9.17, 15) is 4.79 Å². The standard InChI is InChI=1S/C11H16N2OS/c1-13-11(14)3-2-8-15-10-6-4-9(12)5-7-10/h4-7H,2-3,8,12H2,1H3,(H,13,14). The van der Waals surface area contributed by atoms with E-state index in [0.29, 0.717) is 6.42 Å². The minimum absolute atomic E-state index is 0.105. The number of thioether (sulfide) groups is 1. The number of carbonyl (C=O) groups excluding carboxylic acids is 1. The van der Waals surface area contributed by atoms with Gasteiger partial charge in [0, 0.05) is 24.1 Å². The van der Waals surface area contributed by atoms with Gasteiger partial charge in [0.15, 0.2) is 0 Å². The van der Waals surface area contributed by atoms with Gasteiger partial charge in [-0.3, -0.25) is 4.79 Å². The third kappa shape index (κ3) is 4.74. The lowest BCUT2D eigenvalue weighted by atomic mass is 10.3. The Bertz CT molecular complexity index is 311. The molecule has 3 N–H and O–H groups in total. The number of nitrogen functional groups attached to an aromatic ring is 1. The zero-order valence-corrected chi connectivity index (χ0v) is 9.64. The fourth-order valence-electron chi connectivity index (χ4n) is 1.11. The summed E-state index contributed by atoms with van der Waals surface area (Å²) in [5, 5.41) is 2.61. The van der Waals surface area contributed by atoms with Crippen molar-refractivity contribution in [3.8, 4) is 0 Å². The maximum Gasteiger partial charge on any atom is 0.219 e. The Morgan fingerprint density at radius 1 is 1.40 bits per heavy atom. The quantitative estimate of drug-likeness (QED) is 0.456. The summed E-state index contributed by atoms with van der Waals surface area (Å²) in [5.74, 6) is 1.06. The first-order valence-electron chi connectivity index (χ1n) is 4.91. The van der Waals surface area contributed by atoms with E-state index >= 15 is 0 Å². The van der Waals surface area contributed by atoms with E-state index in [1.54, 1.807) is 18.8 Å². The van der Waals surface area contributed by atoms with Gasteiger partial charge in [0.1, 0.15) is 0 Å². The molecule has 0 heterocycles. The predicted octanol–water partition coefficient (Wildman–Crippen LogP) is 1.89. The summed E-state index contributed by atoms with van der Waals surface area (Å²) in [5.41, 5.74) is 6.36. The van der Waals surface area contributed by atoms with E-state index in [-0.39, 0.29) is 5.91 Å². The Kier molecular flexibility index (Phi) is 5.04. The molecule has 0 saturated heterocycles. The number of amides is 1. The van der Waals surface area contributed by atoms with E-state index in [2.05, 4.69) is 5.32 Å². The first-order chi connectivity index (χ1) is 7.22. The van der Waals surface area contributed by atoms with Crippen molar-refractivity contribution < 1.29 is 4.79 Å². The smallest absolute Gasteiger partial charge is 0.219 e. The summed E-state index contributed by atoms with van der Waals surface area (Å²) in [6.07, 6.45) is 1.49. The summed E-state index contributed by atoms with van der Waals surface area (Å²) in [7, 11) is 1.66. The highest BCUT2D eigenvalue weighted by Crippen LogP contribution is 2.20. The third-order valence-electron chi connectivity index (χ3n) is 1.98. The number of rotatable bonds is 5. The van der Waals surface area contributed by atoms with Crippen LogP contribution in [0.25, 0.3) is 0 Å². The van der Waals surface area contributed by atoms with E-state index in [4.69, 9.17) is 5.73 Å². The van der Waals surface area contributed by atoms with Gasteiger partial charge in [-0.2, -0.15) is 0 Å². The number of hydrogen-bond acceptors (Lipinski definition) is 3. The van der Waals surface area contributed by atoms with Gasteiger partial charge in [-0.1, -0.05) is 0 Å². The molecule has 0 spiro atoms. The largest absolute Gasteiger partial charge is 0.399 e. The average Bonchev–Trinajstić information content (AvgIpc) is 2.26. The van der Waals surface area contributed by atoms with Crippen LogP contribution in [0.4, 0.5) is 5.69 Å². The Morgan fingerprint density at radius 3 is 2.67 bits per heavy atom. The van der Waals surface area contributed by atoms with Crippen LogP contribution < -0.4 is 11.1 Å². The molecule has 82 valence electrons. The summed E-state index contributed by atoms with van der Waals surface area (Å²) >= 11 is 1.75. The Hall–Kier alpha value is -1.16. The molecule has 0 aliphatic carbocycles. The van der Waals surface area contributed by atoms with Gasteiger partial charge < -0.3 is 11.1 Å². The van der Waals surface area contributed by atoms with Crippen LogP contribution in [0.5, 0.6) is 0 Å². The normalized spacial score (nSPS) is 9.93. The molecule has 0 atom stereocenters. The minimum atomic E-state index is 0.105. The zero-order chi connectivity index (χ0) is 11.1. The molecule has 0 aliphatic rings. The number of hydrogen-bond donors (Lipinski definition) is 2. The molecule has 1 rings (SSSR count). The fraction of sp³-hybridized carbons (Fsp3) is 0.364. The van der Waals surface area contributed by atoms with Crippen molar-refractivity contribution in [3.63, 3.8) is 0 Å². The summed E-state index contributed by atoms with van der Waals surface area (Å²) in [6, 6.07) is 7.78. The molecule has 0 saturated carbocycles. The van der Waals surface area contributed by atoms with Crippen LogP contribution in [0.3, 0.4) is 0 Å². The van der Waals surface area contributed by atoms with Gasteiger partial charge in [0.05, 0.1) is 0 Å². The van der Waals surface area contributed by atoms with Gasteiger partial charge in [-0.05, 0) is 36.4 Å². The molecule has 0 radical (unpaired) electrons. The fourth-order valence-corrected chi connectivity index (χ4v) is 1.96. The lowest BCUT2D eigenvalue weighted by Gasteiger charge is -2.01. The monoisotopic (exact) mass is 224 g/mol. The van der Waals surface area contributed by atoms with Crippen LogP contribution >= 0.6 is 11.8 Å². The summed E-state index contributed by atoms with van der Waals surface area (Å²) < 4.78 is 0. The second kappa shape index (κ2) is 6.35. The molecule has 0 aliphatic heterocycles. The SMILES string of the molecule is CNC(=O)CCCSc1ccc(N)cc1. The molecule has 0 aromatic heterocycles. The predicted molar refractivity (Wildman–Crippen MR) is 64.9 cm³/mol. The highest BCUT2D eigenvalue weighted by molar-refractivity contribution is 7.99. The molecule has 0 fully saturated rings. The Morgan fingerprint density at radius 2 is 2.07 bits per heavy atom.